The minimum Gasteiger partial charge on any atom is -0.324 e. The molecule has 0 radical (unpaired) electrons. The van der Waals surface area contributed by atoms with Crippen LogP contribution in [0.3, 0.4) is 0 Å². The van der Waals surface area contributed by atoms with Crippen molar-refractivity contribution in [3.63, 3.8) is 0 Å². The lowest BCUT2D eigenvalue weighted by Gasteiger charge is -2.20. The fourth-order valence-electron chi connectivity index (χ4n) is 1.88. The molecule has 0 saturated heterocycles. The molecule has 0 aliphatic heterocycles. The molecule has 1 aromatic carbocycles. The van der Waals surface area contributed by atoms with E-state index in [-0.39, 0.29) is 31.6 Å². The molecule has 1 rings (SSSR count). The summed E-state index contributed by atoms with van der Waals surface area (Å²) < 4.78 is 10.8. The number of hydrogen-bond donors (Lipinski definition) is 2. The zero-order valence-electron chi connectivity index (χ0n) is 13.2. The smallest absolute Gasteiger partial charge is 0.324 e. The van der Waals surface area contributed by atoms with Crippen LogP contribution in [-0.2, 0) is 20.8 Å². The molecule has 1 amide bonds. The first-order chi connectivity index (χ1) is 10.2. The third-order valence-electron chi connectivity index (χ3n) is 3.20. The van der Waals surface area contributed by atoms with Crippen LogP contribution >= 0.6 is 7.60 Å². The lowest BCUT2D eigenvalue weighted by molar-refractivity contribution is -0.189. The van der Waals surface area contributed by atoms with Crippen molar-refractivity contribution in [3.8, 4) is 0 Å². The second-order valence-corrected chi connectivity index (χ2v) is 7.31. The van der Waals surface area contributed by atoms with Crippen molar-refractivity contribution in [1.82, 2.24) is 5.06 Å². The Bertz CT molecular complexity index is 523. The number of hydroxylamine groups is 2. The van der Waals surface area contributed by atoms with Crippen molar-refractivity contribution in [3.05, 3.63) is 35.4 Å². The number of hydrogen-bond acceptors (Lipinski definition) is 3. The molecular weight excluding hydrogens is 305 g/mol. The van der Waals surface area contributed by atoms with Gasteiger partial charge in [0.25, 0.3) is 0 Å². The predicted molar refractivity (Wildman–Crippen MR) is 84.2 cm³/mol. The van der Waals surface area contributed by atoms with E-state index in [9.17, 15) is 9.36 Å². The van der Waals surface area contributed by atoms with Gasteiger partial charge in [-0.15, -0.1) is 0 Å². The standard InChI is InChI=1S/C15H24NO5P/c1-12(2)15-7-5-14(6-8-15)11-21-16(13(3)17)9-4-10-22(18,19)20/h5-8,12H,4,9-11H2,1-3H3,(H2,18,19,20). The second-order valence-electron chi connectivity index (χ2n) is 5.53. The number of rotatable bonds is 8. The fraction of sp³-hybridized carbons (Fsp3) is 0.533. The molecule has 0 aliphatic carbocycles. The van der Waals surface area contributed by atoms with E-state index >= 15 is 0 Å². The van der Waals surface area contributed by atoms with E-state index in [2.05, 4.69) is 13.8 Å². The minimum absolute atomic E-state index is 0.157. The first kappa shape index (κ1) is 18.8. The highest BCUT2D eigenvalue weighted by atomic mass is 31.2. The summed E-state index contributed by atoms with van der Waals surface area (Å²) in [5, 5.41) is 1.14. The average molecular weight is 329 g/mol. The summed E-state index contributed by atoms with van der Waals surface area (Å²) in [5.74, 6) is 0.167. The van der Waals surface area contributed by atoms with Gasteiger partial charge >= 0.3 is 7.60 Å². The van der Waals surface area contributed by atoms with Crippen LogP contribution in [0.2, 0.25) is 0 Å². The van der Waals surface area contributed by atoms with Crippen LogP contribution in [0.1, 0.15) is 44.2 Å². The molecule has 2 N–H and O–H groups in total. The molecule has 0 unspecified atom stereocenters. The number of carbonyl (C=O) groups excluding carboxylic acids is 1. The molecule has 6 nitrogen and oxygen atoms in total. The predicted octanol–water partition coefficient (Wildman–Crippen LogP) is 2.66. The SMILES string of the molecule is CC(=O)N(CCCP(=O)(O)O)OCc1ccc(C(C)C)cc1. The molecule has 0 saturated carbocycles. The molecule has 0 heterocycles. The van der Waals surface area contributed by atoms with Crippen LogP contribution in [0.4, 0.5) is 0 Å². The molecule has 124 valence electrons. The fourth-order valence-corrected chi connectivity index (χ4v) is 2.44. The number of benzene rings is 1. The first-order valence-corrected chi connectivity index (χ1v) is 9.03. The van der Waals surface area contributed by atoms with E-state index in [1.165, 1.54) is 12.5 Å². The molecule has 0 atom stereocenters. The van der Waals surface area contributed by atoms with Crippen LogP contribution in [0.15, 0.2) is 24.3 Å². The minimum atomic E-state index is -4.04. The maximum absolute atomic E-state index is 11.5. The summed E-state index contributed by atoms with van der Waals surface area (Å²) in [6.07, 6.45) is -0.0701. The van der Waals surface area contributed by atoms with Crippen LogP contribution in [0.25, 0.3) is 0 Å². The van der Waals surface area contributed by atoms with Crippen LogP contribution in [0.5, 0.6) is 0 Å². The normalized spacial score (nSPS) is 11.7. The molecule has 1 aromatic rings. The van der Waals surface area contributed by atoms with Gasteiger partial charge in [-0.1, -0.05) is 38.1 Å². The van der Waals surface area contributed by atoms with Gasteiger partial charge in [0.05, 0.1) is 6.16 Å². The van der Waals surface area contributed by atoms with E-state index in [4.69, 9.17) is 14.6 Å². The Hall–Kier alpha value is -1.20. The Balaban J connectivity index is 2.50. The van der Waals surface area contributed by atoms with Crippen LogP contribution in [-0.4, -0.2) is 33.5 Å². The van der Waals surface area contributed by atoms with E-state index < -0.39 is 7.60 Å². The van der Waals surface area contributed by atoms with Crippen molar-refractivity contribution >= 4 is 13.5 Å². The highest BCUT2D eigenvalue weighted by molar-refractivity contribution is 7.51. The van der Waals surface area contributed by atoms with Gasteiger partial charge in [-0.2, -0.15) is 0 Å². The molecule has 0 aliphatic rings. The van der Waals surface area contributed by atoms with E-state index in [0.717, 1.165) is 10.6 Å². The van der Waals surface area contributed by atoms with Gasteiger partial charge in [-0.3, -0.25) is 14.2 Å². The van der Waals surface area contributed by atoms with Gasteiger partial charge in [0, 0.05) is 13.5 Å². The zero-order valence-corrected chi connectivity index (χ0v) is 14.1. The van der Waals surface area contributed by atoms with Crippen molar-refractivity contribution < 1.29 is 24.0 Å². The summed E-state index contributed by atoms with van der Waals surface area (Å²) in [5.41, 5.74) is 2.17. The third kappa shape index (κ3) is 7.18. The largest absolute Gasteiger partial charge is 0.325 e. The van der Waals surface area contributed by atoms with Crippen molar-refractivity contribution in [1.29, 1.82) is 0 Å². The summed E-state index contributed by atoms with van der Waals surface area (Å²) >= 11 is 0. The van der Waals surface area contributed by atoms with Gasteiger partial charge in [0.15, 0.2) is 0 Å². The number of nitrogens with zero attached hydrogens (tertiary/aromatic N) is 1. The Morgan fingerprint density at radius 1 is 1.27 bits per heavy atom. The molecule has 22 heavy (non-hydrogen) atoms. The average Bonchev–Trinajstić information content (AvgIpc) is 2.41. The molecule has 0 fully saturated rings. The first-order valence-electron chi connectivity index (χ1n) is 7.23. The van der Waals surface area contributed by atoms with E-state index in [1.54, 1.807) is 0 Å². The monoisotopic (exact) mass is 329 g/mol. The molecule has 0 spiro atoms. The van der Waals surface area contributed by atoms with Gasteiger partial charge < -0.3 is 9.79 Å². The van der Waals surface area contributed by atoms with Gasteiger partial charge in [-0.25, -0.2) is 5.06 Å². The highest BCUT2D eigenvalue weighted by Gasteiger charge is 2.15. The van der Waals surface area contributed by atoms with Crippen molar-refractivity contribution in [2.75, 3.05) is 12.7 Å². The van der Waals surface area contributed by atoms with Gasteiger partial charge in [0.2, 0.25) is 5.91 Å². The zero-order chi connectivity index (χ0) is 16.8. The Morgan fingerprint density at radius 3 is 2.32 bits per heavy atom. The summed E-state index contributed by atoms with van der Waals surface area (Å²) in [6, 6.07) is 7.94. The lowest BCUT2D eigenvalue weighted by Crippen LogP contribution is -2.30. The maximum atomic E-state index is 11.5. The topological polar surface area (TPSA) is 87.1 Å². The highest BCUT2D eigenvalue weighted by Crippen LogP contribution is 2.34. The summed E-state index contributed by atoms with van der Waals surface area (Å²) in [4.78, 5) is 34.5. The molecular formula is C15H24NO5P. The summed E-state index contributed by atoms with van der Waals surface area (Å²) in [7, 11) is -4.04. The third-order valence-corrected chi connectivity index (χ3v) is 4.09. The lowest BCUT2D eigenvalue weighted by atomic mass is 10.0. The molecule has 7 heteroatoms. The Morgan fingerprint density at radius 2 is 1.86 bits per heavy atom. The Kier molecular flexibility index (Phi) is 7.23. The van der Waals surface area contributed by atoms with E-state index in [1.807, 2.05) is 24.3 Å². The van der Waals surface area contributed by atoms with Crippen LogP contribution < -0.4 is 0 Å². The van der Waals surface area contributed by atoms with Gasteiger partial charge in [0.1, 0.15) is 6.61 Å². The van der Waals surface area contributed by atoms with E-state index in [0.29, 0.717) is 5.92 Å². The van der Waals surface area contributed by atoms with Crippen molar-refractivity contribution in [2.24, 2.45) is 0 Å². The second kappa shape index (κ2) is 8.44. The molecule has 0 bridgehead atoms. The maximum Gasteiger partial charge on any atom is 0.325 e. The number of amides is 1. The Labute approximate surface area is 131 Å². The quantitative estimate of drug-likeness (QED) is 0.565. The van der Waals surface area contributed by atoms with Gasteiger partial charge in [-0.05, 0) is 23.5 Å². The van der Waals surface area contributed by atoms with Crippen LogP contribution in [0, 0.1) is 0 Å². The molecule has 0 aromatic heterocycles. The van der Waals surface area contributed by atoms with Crippen molar-refractivity contribution in [2.45, 2.75) is 39.7 Å². The summed E-state index contributed by atoms with van der Waals surface area (Å²) in [6.45, 7) is 5.99. The number of carbonyl (C=O) groups is 1.